The van der Waals surface area contributed by atoms with Crippen LogP contribution in [0.25, 0.3) is 0 Å². The van der Waals surface area contributed by atoms with E-state index >= 15 is 0 Å². The fraction of sp³-hybridized carbons (Fsp3) is 0.464. The van der Waals surface area contributed by atoms with Gasteiger partial charge in [-0.15, -0.1) is 6.58 Å². The van der Waals surface area contributed by atoms with Gasteiger partial charge in [-0.05, 0) is 49.6 Å². The lowest BCUT2D eigenvalue weighted by molar-refractivity contribution is -0.623. The largest absolute Gasteiger partial charge is 0.741 e. The van der Waals surface area contributed by atoms with Crippen molar-refractivity contribution < 1.29 is 35.5 Å². The van der Waals surface area contributed by atoms with Crippen molar-refractivity contribution in [3.05, 3.63) is 82.4 Å². The molecular weight excluding hydrogens is 574 g/mol. The summed E-state index contributed by atoms with van der Waals surface area (Å²) in [5, 5.41) is 1.53. The molecule has 2 aliphatic rings. The normalized spacial score (nSPS) is 25.3. The van der Waals surface area contributed by atoms with Crippen molar-refractivity contribution in [3.8, 4) is 0 Å². The third-order valence-electron chi connectivity index (χ3n) is 7.18. The lowest BCUT2D eigenvalue weighted by Crippen LogP contribution is -2.48. The minimum Gasteiger partial charge on any atom is -0.741 e. The first-order valence-electron chi connectivity index (χ1n) is 12.3. The highest BCUT2D eigenvalue weighted by Gasteiger charge is 2.59. The molecule has 5 nitrogen and oxygen atoms in total. The molecule has 0 saturated carbocycles. The van der Waals surface area contributed by atoms with Crippen molar-refractivity contribution in [2.75, 3.05) is 6.61 Å². The highest BCUT2D eigenvalue weighted by Crippen LogP contribution is 2.52. The van der Waals surface area contributed by atoms with Gasteiger partial charge in [0.1, 0.15) is 0 Å². The second-order valence-electron chi connectivity index (χ2n) is 11.2. The van der Waals surface area contributed by atoms with Gasteiger partial charge in [-0.2, -0.15) is 17.7 Å². The van der Waals surface area contributed by atoms with Crippen LogP contribution in [0.2, 0.25) is 10.0 Å². The summed E-state index contributed by atoms with van der Waals surface area (Å²) in [5.74, 6) is 1.37. The molecule has 0 fully saturated rings. The van der Waals surface area contributed by atoms with Gasteiger partial charge in [-0.3, -0.25) is 0 Å². The van der Waals surface area contributed by atoms with Gasteiger partial charge in [0, 0.05) is 21.0 Å². The molecule has 2 aromatic carbocycles. The van der Waals surface area contributed by atoms with Crippen molar-refractivity contribution in [3.63, 3.8) is 0 Å². The van der Waals surface area contributed by atoms with E-state index in [2.05, 4.69) is 69.2 Å². The number of benzene rings is 2. The summed E-state index contributed by atoms with van der Waals surface area (Å²) >= 11 is 12.7. The Morgan fingerprint density at radius 1 is 1.10 bits per heavy atom. The number of alkyl halides is 3. The lowest BCUT2D eigenvalue weighted by atomic mass is 9.68. The molecule has 0 aromatic heterocycles. The van der Waals surface area contributed by atoms with Gasteiger partial charge in [-0.1, -0.05) is 74.3 Å². The smallest absolute Gasteiger partial charge is 0.485 e. The molecule has 214 valence electrons. The van der Waals surface area contributed by atoms with Crippen LogP contribution in [0.15, 0.2) is 61.2 Å². The Morgan fingerprint density at radius 2 is 1.69 bits per heavy atom. The van der Waals surface area contributed by atoms with Crippen molar-refractivity contribution in [2.24, 2.45) is 10.8 Å². The van der Waals surface area contributed by atoms with E-state index in [4.69, 9.17) is 40.9 Å². The third-order valence-corrected chi connectivity index (χ3v) is 8.24. The molecule has 11 heteroatoms. The molecule has 4 rings (SSSR count). The summed E-state index contributed by atoms with van der Waals surface area (Å²) in [7, 11) is -6.09. The van der Waals surface area contributed by atoms with Gasteiger partial charge >= 0.3 is 11.4 Å². The van der Waals surface area contributed by atoms with Crippen LogP contribution in [0.1, 0.15) is 63.6 Å². The van der Waals surface area contributed by atoms with Gasteiger partial charge in [-0.25, -0.2) is 8.42 Å². The maximum atomic E-state index is 10.7. The van der Waals surface area contributed by atoms with E-state index in [1.165, 1.54) is 11.1 Å². The minimum atomic E-state index is -6.09. The Bertz CT molecular complexity index is 1340. The van der Waals surface area contributed by atoms with E-state index in [-0.39, 0.29) is 28.8 Å². The number of nitrogens with zero attached hydrogens (tertiary/aromatic N) is 1. The molecule has 0 bridgehead atoms. The predicted molar refractivity (Wildman–Crippen MR) is 146 cm³/mol. The monoisotopic (exact) mass is 605 g/mol. The summed E-state index contributed by atoms with van der Waals surface area (Å²) in [6.45, 7) is 14.0. The number of allylic oxidation sites excluding steroid dienone is 1. The molecule has 0 radical (unpaired) electrons. The third kappa shape index (κ3) is 6.99. The first kappa shape index (κ1) is 31.5. The molecule has 0 amide bonds. The molecule has 2 aromatic rings. The Morgan fingerprint density at radius 3 is 2.18 bits per heavy atom. The fourth-order valence-corrected chi connectivity index (χ4v) is 5.71. The van der Waals surface area contributed by atoms with Gasteiger partial charge in [0.05, 0.1) is 11.3 Å². The van der Waals surface area contributed by atoms with Crippen molar-refractivity contribution in [1.29, 1.82) is 0 Å². The zero-order valence-electron chi connectivity index (χ0n) is 22.1. The second kappa shape index (κ2) is 11.4. The SMILES string of the molecule is C=CC[C@@]1(C)C[C@H](c2cccc(Cl)c2)[C@@H](c2ccc(Cl)cc2)[N+]2=C1OC[C@@H]2C(C)(C)C.O=S(=O)([O-])C(F)(F)F. The maximum absolute atomic E-state index is 10.7. The van der Waals surface area contributed by atoms with Gasteiger partial charge < -0.3 is 9.29 Å². The molecule has 4 atom stereocenters. The number of rotatable bonds is 4. The lowest BCUT2D eigenvalue weighted by Gasteiger charge is -2.39. The Labute approximate surface area is 238 Å². The minimum absolute atomic E-state index is 0.0672. The second-order valence-corrected chi connectivity index (χ2v) is 13.5. The van der Waals surface area contributed by atoms with E-state index in [1.54, 1.807) is 0 Å². The summed E-state index contributed by atoms with van der Waals surface area (Å²) in [6.07, 6.45) is 3.87. The summed E-state index contributed by atoms with van der Waals surface area (Å²) < 4.78 is 68.0. The van der Waals surface area contributed by atoms with Crippen LogP contribution in [0.3, 0.4) is 0 Å². The molecule has 0 spiro atoms. The van der Waals surface area contributed by atoms with E-state index in [9.17, 15) is 13.2 Å². The number of hydrogen-bond donors (Lipinski definition) is 0. The zero-order chi connectivity index (χ0) is 29.4. The first-order chi connectivity index (χ1) is 17.9. The number of hydrogen-bond acceptors (Lipinski definition) is 4. The molecular formula is C28H32Cl2F3NO4S. The highest BCUT2D eigenvalue weighted by molar-refractivity contribution is 7.86. The van der Waals surface area contributed by atoms with Crippen LogP contribution < -0.4 is 0 Å². The summed E-state index contributed by atoms with van der Waals surface area (Å²) in [4.78, 5) is 0. The van der Waals surface area contributed by atoms with Crippen LogP contribution >= 0.6 is 23.2 Å². The fourth-order valence-electron chi connectivity index (χ4n) is 5.39. The topological polar surface area (TPSA) is 69.4 Å². The predicted octanol–water partition coefficient (Wildman–Crippen LogP) is 7.71. The highest BCUT2D eigenvalue weighted by atomic mass is 35.5. The first-order valence-corrected chi connectivity index (χ1v) is 14.5. The van der Waals surface area contributed by atoms with E-state index < -0.39 is 15.6 Å². The molecule has 2 aliphatic heterocycles. The van der Waals surface area contributed by atoms with Crippen LogP contribution in [0.5, 0.6) is 0 Å². The summed E-state index contributed by atoms with van der Waals surface area (Å²) in [5.41, 5.74) is -3.17. The van der Waals surface area contributed by atoms with Crippen molar-refractivity contribution >= 4 is 39.2 Å². The van der Waals surface area contributed by atoms with E-state index in [0.717, 1.165) is 28.8 Å². The van der Waals surface area contributed by atoms with Gasteiger partial charge in [0.2, 0.25) is 0 Å². The molecule has 39 heavy (non-hydrogen) atoms. The van der Waals surface area contributed by atoms with Gasteiger partial charge in [0.15, 0.2) is 28.8 Å². The quantitative estimate of drug-likeness (QED) is 0.155. The summed E-state index contributed by atoms with van der Waals surface area (Å²) in [6, 6.07) is 17.1. The Balaban J connectivity index is 0.000000459. The van der Waals surface area contributed by atoms with Crippen LogP contribution in [0, 0.1) is 10.8 Å². The molecule has 0 aliphatic carbocycles. The zero-order valence-corrected chi connectivity index (χ0v) is 24.5. The Hall–Kier alpha value is -2.07. The maximum Gasteiger partial charge on any atom is 0.485 e. The average Bonchev–Trinajstić information content (AvgIpc) is 3.26. The van der Waals surface area contributed by atoms with E-state index in [1.807, 2.05) is 24.3 Å². The Kier molecular flexibility index (Phi) is 9.22. The average molecular weight is 607 g/mol. The van der Waals surface area contributed by atoms with Crippen molar-refractivity contribution in [2.45, 2.75) is 64.0 Å². The van der Waals surface area contributed by atoms with E-state index in [0.29, 0.717) is 6.61 Å². The molecule has 0 N–H and O–H groups in total. The molecule has 2 heterocycles. The number of halogens is 5. The standard InChI is InChI=1S/C27H32Cl2NO.CHF3O3S/c1-6-14-27(5)16-22(19-8-7-9-21(29)15-19)24(18-10-12-20(28)13-11-18)30-23(26(2,3)4)17-31-25(27)30;2-1(3,4)8(5,6)7/h6-13,15,22-24H,1,14,16-17H2,2-5H3;(H,5,6,7)/q+1;/p-1/t22-,23-,24-,27+;/m1./s1. The van der Waals surface area contributed by atoms with Crippen LogP contribution in [0.4, 0.5) is 13.2 Å². The molecule has 0 unspecified atom stereocenters. The van der Waals surface area contributed by atoms with Crippen LogP contribution in [-0.4, -0.2) is 41.6 Å². The van der Waals surface area contributed by atoms with Gasteiger partial charge in [0.25, 0.3) is 0 Å². The van der Waals surface area contributed by atoms with Crippen molar-refractivity contribution in [1.82, 2.24) is 0 Å². The number of ether oxygens (including phenoxy) is 1. The molecule has 0 saturated heterocycles. The van der Waals surface area contributed by atoms with Crippen LogP contribution in [-0.2, 0) is 14.9 Å².